The summed E-state index contributed by atoms with van der Waals surface area (Å²) in [6, 6.07) is 0. The molecule has 0 bridgehead atoms. The van der Waals surface area contributed by atoms with Gasteiger partial charge in [0.2, 0.25) is 0 Å². The lowest BCUT2D eigenvalue weighted by atomic mass is 9.98. The molecule has 0 amide bonds. The van der Waals surface area contributed by atoms with E-state index in [0.717, 1.165) is 0 Å². The summed E-state index contributed by atoms with van der Waals surface area (Å²) in [6.07, 6.45) is 0.461. The molecule has 0 aromatic heterocycles. The molecule has 0 aliphatic heterocycles. The second-order valence-corrected chi connectivity index (χ2v) is 4.94. The number of ether oxygens (including phenoxy) is 1. The van der Waals surface area contributed by atoms with Crippen molar-refractivity contribution in [2.75, 3.05) is 0 Å². The predicted octanol–water partition coefficient (Wildman–Crippen LogP) is 1.90. The third-order valence-electron chi connectivity index (χ3n) is 1.97. The Hall–Kier alpha value is -1.19. The van der Waals surface area contributed by atoms with E-state index >= 15 is 0 Å². The second kappa shape index (κ2) is 5.77. The third kappa shape index (κ3) is 6.32. The van der Waals surface area contributed by atoms with E-state index in [-0.39, 0.29) is 24.4 Å². The molecule has 4 heteroatoms. The van der Waals surface area contributed by atoms with Gasteiger partial charge in [-0.3, -0.25) is 9.59 Å². The van der Waals surface area contributed by atoms with Crippen LogP contribution in [0, 0.1) is 5.92 Å². The van der Waals surface area contributed by atoms with E-state index in [1.165, 1.54) is 13.8 Å². The van der Waals surface area contributed by atoms with Crippen LogP contribution >= 0.6 is 0 Å². The van der Waals surface area contributed by atoms with E-state index in [1.54, 1.807) is 20.8 Å². The first kappa shape index (κ1) is 14.8. The van der Waals surface area contributed by atoms with Crippen LogP contribution in [-0.4, -0.2) is 23.1 Å². The smallest absolute Gasteiger partial charge is 0.316 e. The average molecular weight is 228 g/mol. The lowest BCUT2D eigenvalue weighted by Crippen LogP contribution is -2.32. The van der Waals surface area contributed by atoms with Gasteiger partial charge in [0.1, 0.15) is 23.1 Å². The molecule has 0 aliphatic rings. The van der Waals surface area contributed by atoms with Crippen LogP contribution in [0.3, 0.4) is 0 Å². The Labute approximate surface area is 96.4 Å². The largest absolute Gasteiger partial charge is 0.459 e. The fraction of sp³-hybridized carbons (Fsp3) is 0.750. The van der Waals surface area contributed by atoms with E-state index in [9.17, 15) is 14.4 Å². The highest BCUT2D eigenvalue weighted by atomic mass is 16.6. The first-order chi connectivity index (χ1) is 7.13. The van der Waals surface area contributed by atoms with Crippen molar-refractivity contribution in [1.29, 1.82) is 0 Å². The van der Waals surface area contributed by atoms with Crippen LogP contribution in [0.25, 0.3) is 0 Å². The van der Waals surface area contributed by atoms with Crippen molar-refractivity contribution in [2.45, 2.75) is 53.1 Å². The highest BCUT2D eigenvalue weighted by molar-refractivity contribution is 5.98. The number of rotatable bonds is 5. The molecule has 0 aliphatic carbocycles. The molecule has 0 radical (unpaired) electrons. The van der Waals surface area contributed by atoms with Crippen LogP contribution < -0.4 is 0 Å². The van der Waals surface area contributed by atoms with Crippen LogP contribution in [-0.2, 0) is 19.1 Å². The van der Waals surface area contributed by atoms with Gasteiger partial charge in [-0.05, 0) is 41.0 Å². The SMILES string of the molecule is CC(=O)CCC(C(C)=O)C(=O)OC(C)(C)C. The van der Waals surface area contributed by atoms with Crippen LogP contribution in [0.4, 0.5) is 0 Å². The zero-order valence-corrected chi connectivity index (χ0v) is 10.6. The number of esters is 1. The van der Waals surface area contributed by atoms with Crippen LogP contribution in [0.15, 0.2) is 0 Å². The predicted molar refractivity (Wildman–Crippen MR) is 59.9 cm³/mol. The number of hydrogen-bond acceptors (Lipinski definition) is 4. The molecule has 0 spiro atoms. The van der Waals surface area contributed by atoms with Gasteiger partial charge in [-0.2, -0.15) is 0 Å². The maximum Gasteiger partial charge on any atom is 0.316 e. The number of hydrogen-bond donors (Lipinski definition) is 0. The Morgan fingerprint density at radius 3 is 1.94 bits per heavy atom. The van der Waals surface area contributed by atoms with Gasteiger partial charge in [-0.15, -0.1) is 0 Å². The molecule has 1 atom stereocenters. The van der Waals surface area contributed by atoms with Gasteiger partial charge in [-0.1, -0.05) is 0 Å². The van der Waals surface area contributed by atoms with Crippen molar-refractivity contribution >= 4 is 17.5 Å². The van der Waals surface area contributed by atoms with E-state index < -0.39 is 17.5 Å². The molecule has 1 unspecified atom stereocenters. The Morgan fingerprint density at radius 1 is 1.12 bits per heavy atom. The van der Waals surface area contributed by atoms with Crippen molar-refractivity contribution in [2.24, 2.45) is 5.92 Å². The Bertz CT molecular complexity index is 286. The quantitative estimate of drug-likeness (QED) is 0.532. The highest BCUT2D eigenvalue weighted by Crippen LogP contribution is 2.16. The fourth-order valence-corrected chi connectivity index (χ4v) is 1.21. The van der Waals surface area contributed by atoms with E-state index in [0.29, 0.717) is 0 Å². The highest BCUT2D eigenvalue weighted by Gasteiger charge is 2.28. The first-order valence-electron chi connectivity index (χ1n) is 5.36. The minimum absolute atomic E-state index is 0.0326. The van der Waals surface area contributed by atoms with Crippen molar-refractivity contribution in [3.8, 4) is 0 Å². The fourth-order valence-electron chi connectivity index (χ4n) is 1.21. The molecule has 16 heavy (non-hydrogen) atoms. The molecule has 4 nitrogen and oxygen atoms in total. The standard InChI is InChI=1S/C12H20O4/c1-8(13)6-7-10(9(2)14)11(15)16-12(3,4)5/h10H,6-7H2,1-5H3. The summed E-state index contributed by atoms with van der Waals surface area (Å²) in [7, 11) is 0. The van der Waals surface area contributed by atoms with Crippen LogP contribution in [0.2, 0.25) is 0 Å². The number of carbonyl (C=O) groups excluding carboxylic acids is 3. The summed E-state index contributed by atoms with van der Waals surface area (Å²) in [5, 5.41) is 0. The monoisotopic (exact) mass is 228 g/mol. The summed E-state index contributed by atoms with van der Waals surface area (Å²) in [6.45, 7) is 8.01. The van der Waals surface area contributed by atoms with E-state index in [1.807, 2.05) is 0 Å². The third-order valence-corrected chi connectivity index (χ3v) is 1.97. The minimum atomic E-state index is -0.817. The van der Waals surface area contributed by atoms with Gasteiger partial charge >= 0.3 is 5.97 Å². The van der Waals surface area contributed by atoms with Crippen molar-refractivity contribution < 1.29 is 19.1 Å². The van der Waals surface area contributed by atoms with Crippen molar-refractivity contribution in [1.82, 2.24) is 0 Å². The zero-order chi connectivity index (χ0) is 12.9. The summed E-state index contributed by atoms with van der Waals surface area (Å²) < 4.78 is 5.12. The summed E-state index contributed by atoms with van der Waals surface area (Å²) in [4.78, 5) is 33.7. The van der Waals surface area contributed by atoms with Crippen molar-refractivity contribution in [3.63, 3.8) is 0 Å². The van der Waals surface area contributed by atoms with Crippen LogP contribution in [0.5, 0.6) is 0 Å². The molecular formula is C12H20O4. The maximum atomic E-state index is 11.7. The Kier molecular flexibility index (Phi) is 5.35. The molecule has 0 rings (SSSR count). The number of carbonyl (C=O) groups is 3. The van der Waals surface area contributed by atoms with Crippen LogP contribution in [0.1, 0.15) is 47.5 Å². The molecule has 92 valence electrons. The summed E-state index contributed by atoms with van der Waals surface area (Å²) in [5.41, 5.74) is -0.610. The van der Waals surface area contributed by atoms with Gasteiger partial charge in [0.05, 0.1) is 0 Å². The summed E-state index contributed by atoms with van der Waals surface area (Å²) >= 11 is 0. The summed E-state index contributed by atoms with van der Waals surface area (Å²) in [5.74, 6) is -1.64. The van der Waals surface area contributed by atoms with Gasteiger partial charge < -0.3 is 9.53 Å². The van der Waals surface area contributed by atoms with Gasteiger partial charge in [0.25, 0.3) is 0 Å². The molecule has 0 saturated heterocycles. The maximum absolute atomic E-state index is 11.7. The Morgan fingerprint density at radius 2 is 1.62 bits per heavy atom. The molecular weight excluding hydrogens is 208 g/mol. The normalized spacial score (nSPS) is 13.1. The van der Waals surface area contributed by atoms with Gasteiger partial charge in [-0.25, -0.2) is 0 Å². The van der Waals surface area contributed by atoms with Gasteiger partial charge in [0, 0.05) is 6.42 Å². The molecule has 0 saturated carbocycles. The average Bonchev–Trinajstić information content (AvgIpc) is 1.98. The van der Waals surface area contributed by atoms with E-state index in [4.69, 9.17) is 4.74 Å². The lowest BCUT2D eigenvalue weighted by molar-refractivity contribution is -0.162. The topological polar surface area (TPSA) is 60.4 Å². The van der Waals surface area contributed by atoms with Gasteiger partial charge in [0.15, 0.2) is 0 Å². The molecule has 0 N–H and O–H groups in total. The number of Topliss-reactive ketones (excluding diaryl/α,β-unsaturated/α-hetero) is 2. The van der Waals surface area contributed by atoms with Crippen molar-refractivity contribution in [3.05, 3.63) is 0 Å². The lowest BCUT2D eigenvalue weighted by Gasteiger charge is -2.22. The molecule has 0 aromatic carbocycles. The molecule has 0 fully saturated rings. The van der Waals surface area contributed by atoms with E-state index in [2.05, 4.69) is 0 Å². The Balaban J connectivity index is 4.48. The molecule has 0 heterocycles. The number of ketones is 2. The first-order valence-corrected chi connectivity index (χ1v) is 5.36. The molecule has 0 aromatic rings. The minimum Gasteiger partial charge on any atom is -0.459 e. The zero-order valence-electron chi connectivity index (χ0n) is 10.6. The second-order valence-electron chi connectivity index (χ2n) is 4.94.